The highest BCUT2D eigenvalue weighted by atomic mass is 16.5. The lowest BCUT2D eigenvalue weighted by Crippen LogP contribution is -2.05. The molecule has 0 bridgehead atoms. The third-order valence-corrected chi connectivity index (χ3v) is 4.46. The largest absolute Gasteiger partial charge is 0.466 e. The van der Waals surface area contributed by atoms with Crippen LogP contribution in [0.25, 0.3) is 0 Å². The number of hydrogen-bond acceptors (Lipinski definition) is 3. The van der Waals surface area contributed by atoms with E-state index in [9.17, 15) is 4.79 Å². The lowest BCUT2D eigenvalue weighted by molar-refractivity contribution is -0.143. The maximum absolute atomic E-state index is 11.4. The summed E-state index contributed by atoms with van der Waals surface area (Å²) in [5.41, 5.74) is 0. The average molecular weight is 355 g/mol. The maximum Gasteiger partial charge on any atom is 0.305 e. The predicted molar refractivity (Wildman–Crippen MR) is 107 cm³/mol. The van der Waals surface area contributed by atoms with Crippen LogP contribution >= 0.6 is 0 Å². The Morgan fingerprint density at radius 3 is 1.84 bits per heavy atom. The Balaban J connectivity index is 3.16. The molecule has 0 aliphatic heterocycles. The number of carbonyl (C=O) groups is 1. The van der Waals surface area contributed by atoms with Gasteiger partial charge in [0, 0.05) is 13.0 Å². The Kier molecular flexibility index (Phi) is 20.5. The molecule has 0 aliphatic rings. The van der Waals surface area contributed by atoms with Crippen LogP contribution in [0.15, 0.2) is 12.2 Å². The summed E-state index contributed by atoms with van der Waals surface area (Å²) in [5.74, 6) is -0.0234. The molecule has 0 rings (SSSR count). The highest BCUT2D eigenvalue weighted by molar-refractivity contribution is 5.69. The fraction of sp³-hybridized carbons (Fsp3) is 0.864. The van der Waals surface area contributed by atoms with E-state index in [-0.39, 0.29) is 5.97 Å². The number of hydrogen-bond donors (Lipinski definition) is 1. The highest BCUT2D eigenvalue weighted by Crippen LogP contribution is 2.10. The van der Waals surface area contributed by atoms with E-state index in [2.05, 4.69) is 19.1 Å². The number of rotatable bonds is 19. The maximum atomic E-state index is 11.4. The lowest BCUT2D eigenvalue weighted by atomic mass is 10.1. The van der Waals surface area contributed by atoms with Gasteiger partial charge >= 0.3 is 5.97 Å². The molecule has 0 spiro atoms. The first-order chi connectivity index (χ1) is 12.3. The van der Waals surface area contributed by atoms with Crippen molar-refractivity contribution in [3.8, 4) is 0 Å². The molecule has 1 N–H and O–H groups in total. The number of ether oxygens (including phenoxy) is 1. The van der Waals surface area contributed by atoms with Gasteiger partial charge in [-0.2, -0.15) is 0 Å². The molecule has 0 fully saturated rings. The van der Waals surface area contributed by atoms with Crippen molar-refractivity contribution in [3.05, 3.63) is 12.2 Å². The molecule has 0 radical (unpaired) electrons. The zero-order valence-corrected chi connectivity index (χ0v) is 16.6. The van der Waals surface area contributed by atoms with E-state index >= 15 is 0 Å². The number of carbonyl (C=O) groups excluding carboxylic acids is 1. The molecule has 0 saturated heterocycles. The first-order valence-electron chi connectivity index (χ1n) is 10.7. The summed E-state index contributed by atoms with van der Waals surface area (Å²) in [5, 5.41) is 8.70. The van der Waals surface area contributed by atoms with Crippen LogP contribution in [0.4, 0.5) is 0 Å². The van der Waals surface area contributed by atoms with E-state index in [0.29, 0.717) is 19.6 Å². The summed E-state index contributed by atoms with van der Waals surface area (Å²) in [6.07, 6.45) is 22.9. The van der Waals surface area contributed by atoms with Crippen LogP contribution in [0.2, 0.25) is 0 Å². The van der Waals surface area contributed by atoms with Crippen LogP contribution in [0.1, 0.15) is 110 Å². The molecule has 0 aromatic carbocycles. The van der Waals surface area contributed by atoms with Crippen LogP contribution < -0.4 is 0 Å². The minimum atomic E-state index is -0.0234. The Labute approximate surface area is 156 Å². The lowest BCUT2D eigenvalue weighted by Gasteiger charge is -2.03. The van der Waals surface area contributed by atoms with Crippen LogP contribution in [0.3, 0.4) is 0 Å². The second-order valence-electron chi connectivity index (χ2n) is 6.99. The summed E-state index contributed by atoms with van der Waals surface area (Å²) in [7, 11) is 0. The van der Waals surface area contributed by atoms with Crippen LogP contribution in [0.5, 0.6) is 0 Å². The zero-order chi connectivity index (χ0) is 18.4. The third-order valence-electron chi connectivity index (χ3n) is 4.46. The van der Waals surface area contributed by atoms with E-state index in [1.165, 1.54) is 64.2 Å². The molecular weight excluding hydrogens is 312 g/mol. The van der Waals surface area contributed by atoms with Gasteiger partial charge in [0.25, 0.3) is 0 Å². The number of allylic oxidation sites excluding steroid dienone is 2. The van der Waals surface area contributed by atoms with Gasteiger partial charge in [-0.3, -0.25) is 4.79 Å². The molecule has 148 valence electrons. The quantitative estimate of drug-likeness (QED) is 0.167. The SMILES string of the molecule is CCCCOC(=O)CCCCCCCC=CCCCCCCCCO. The van der Waals surface area contributed by atoms with Gasteiger partial charge in [-0.1, -0.05) is 70.4 Å². The molecule has 3 nitrogen and oxygen atoms in total. The third kappa shape index (κ3) is 21.1. The molecule has 0 amide bonds. The normalized spacial score (nSPS) is 11.3. The van der Waals surface area contributed by atoms with Crippen LogP contribution in [0, 0.1) is 0 Å². The Bertz CT molecular complexity index is 300. The first-order valence-corrected chi connectivity index (χ1v) is 10.7. The van der Waals surface area contributed by atoms with Crippen molar-refractivity contribution >= 4 is 5.97 Å². The van der Waals surface area contributed by atoms with Gasteiger partial charge in [-0.05, 0) is 44.9 Å². The second kappa shape index (κ2) is 21.2. The van der Waals surface area contributed by atoms with Gasteiger partial charge in [-0.25, -0.2) is 0 Å². The fourth-order valence-corrected chi connectivity index (χ4v) is 2.78. The van der Waals surface area contributed by atoms with E-state index < -0.39 is 0 Å². The van der Waals surface area contributed by atoms with Crippen molar-refractivity contribution in [3.63, 3.8) is 0 Å². The Morgan fingerprint density at radius 1 is 0.760 bits per heavy atom. The van der Waals surface area contributed by atoms with Crippen LogP contribution in [-0.2, 0) is 9.53 Å². The standard InChI is InChI=1S/C22H42O3/c1-2-3-21-25-22(24)19-17-15-13-11-9-7-5-4-6-8-10-12-14-16-18-20-23/h4-5,23H,2-3,6-21H2,1H3. The summed E-state index contributed by atoms with van der Waals surface area (Å²) >= 11 is 0. The number of unbranched alkanes of at least 4 members (excludes halogenated alkanes) is 12. The summed E-state index contributed by atoms with van der Waals surface area (Å²) in [6.45, 7) is 3.03. The van der Waals surface area contributed by atoms with Crippen LogP contribution in [-0.4, -0.2) is 24.3 Å². The van der Waals surface area contributed by atoms with Gasteiger partial charge < -0.3 is 9.84 Å². The molecule has 3 heteroatoms. The molecule has 0 aliphatic carbocycles. The molecular formula is C22H42O3. The highest BCUT2D eigenvalue weighted by Gasteiger charge is 2.01. The minimum absolute atomic E-state index is 0.0234. The van der Waals surface area contributed by atoms with Gasteiger partial charge in [0.05, 0.1) is 6.61 Å². The molecule has 0 aromatic rings. The molecule has 25 heavy (non-hydrogen) atoms. The molecule has 0 atom stereocenters. The predicted octanol–water partition coefficient (Wildman–Crippen LogP) is 6.34. The Hall–Kier alpha value is -0.830. The number of esters is 1. The van der Waals surface area contributed by atoms with E-state index in [1.807, 2.05) is 0 Å². The molecule has 0 heterocycles. The van der Waals surface area contributed by atoms with Gasteiger partial charge in [0.2, 0.25) is 0 Å². The molecule has 0 aromatic heterocycles. The van der Waals surface area contributed by atoms with E-state index in [1.54, 1.807) is 0 Å². The van der Waals surface area contributed by atoms with Crippen molar-refractivity contribution in [1.82, 2.24) is 0 Å². The van der Waals surface area contributed by atoms with Gasteiger partial charge in [0.1, 0.15) is 0 Å². The fourth-order valence-electron chi connectivity index (χ4n) is 2.78. The first kappa shape index (κ1) is 24.2. The summed E-state index contributed by atoms with van der Waals surface area (Å²) < 4.78 is 5.15. The summed E-state index contributed by atoms with van der Waals surface area (Å²) in [6, 6.07) is 0. The van der Waals surface area contributed by atoms with Crippen molar-refractivity contribution in [2.75, 3.05) is 13.2 Å². The van der Waals surface area contributed by atoms with Crippen molar-refractivity contribution < 1.29 is 14.6 Å². The number of aliphatic hydroxyl groups is 1. The monoisotopic (exact) mass is 354 g/mol. The molecule has 0 saturated carbocycles. The van der Waals surface area contributed by atoms with E-state index in [0.717, 1.165) is 32.1 Å². The second-order valence-corrected chi connectivity index (χ2v) is 6.99. The Morgan fingerprint density at radius 2 is 1.28 bits per heavy atom. The average Bonchev–Trinajstić information content (AvgIpc) is 2.61. The van der Waals surface area contributed by atoms with E-state index in [4.69, 9.17) is 9.84 Å². The van der Waals surface area contributed by atoms with Gasteiger partial charge in [-0.15, -0.1) is 0 Å². The smallest absolute Gasteiger partial charge is 0.305 e. The zero-order valence-electron chi connectivity index (χ0n) is 16.6. The summed E-state index contributed by atoms with van der Waals surface area (Å²) in [4.78, 5) is 11.4. The minimum Gasteiger partial charge on any atom is -0.466 e. The van der Waals surface area contributed by atoms with Crippen molar-refractivity contribution in [2.45, 2.75) is 110 Å². The topological polar surface area (TPSA) is 46.5 Å². The van der Waals surface area contributed by atoms with Crippen molar-refractivity contribution in [1.29, 1.82) is 0 Å². The number of aliphatic hydroxyl groups excluding tert-OH is 1. The van der Waals surface area contributed by atoms with Crippen molar-refractivity contribution in [2.24, 2.45) is 0 Å². The molecule has 0 unspecified atom stereocenters. The van der Waals surface area contributed by atoms with Gasteiger partial charge in [0.15, 0.2) is 0 Å².